The molecule has 0 saturated carbocycles. The second-order valence-electron chi connectivity index (χ2n) is 2.46. The molecule has 0 spiro atoms. The van der Waals surface area contributed by atoms with Gasteiger partial charge in [-0.1, -0.05) is 13.8 Å². The lowest BCUT2D eigenvalue weighted by molar-refractivity contribution is -0.121. The quantitative estimate of drug-likeness (QED) is 0.450. The number of thiol groups is 1. The van der Waals surface area contributed by atoms with Gasteiger partial charge in [0, 0.05) is 14.2 Å². The first kappa shape index (κ1) is 17.1. The van der Waals surface area contributed by atoms with Crippen molar-refractivity contribution >= 4 is 18.5 Å². The normalized spacial score (nSPS) is 13.5. The summed E-state index contributed by atoms with van der Waals surface area (Å²) in [6.45, 7) is 4.29. The summed E-state index contributed by atoms with van der Waals surface area (Å²) in [6, 6.07) is -0.283. The molecule has 0 aromatic rings. The molecule has 0 saturated heterocycles. The number of carbonyl (C=O) groups excluding carboxylic acids is 1. The molecule has 0 aromatic carbocycles. The van der Waals surface area contributed by atoms with E-state index in [0.29, 0.717) is 6.61 Å². The van der Waals surface area contributed by atoms with Crippen LogP contribution in [0.25, 0.3) is 0 Å². The van der Waals surface area contributed by atoms with E-state index in [2.05, 4.69) is 17.9 Å². The molecule has 0 rings (SSSR count). The Morgan fingerprint density at radius 1 is 1.47 bits per heavy atom. The number of hydrogen-bond acceptors (Lipinski definition) is 5. The third-order valence-corrected chi connectivity index (χ3v) is 2.03. The summed E-state index contributed by atoms with van der Waals surface area (Å²) < 4.78 is 9.83. The topological polar surface area (TPSA) is 73.6 Å². The molecule has 2 unspecified atom stereocenters. The first-order valence-corrected chi connectivity index (χ1v) is 5.36. The van der Waals surface area contributed by atoms with Crippen LogP contribution in [0.4, 0.5) is 0 Å². The van der Waals surface area contributed by atoms with Gasteiger partial charge in [0.15, 0.2) is 0 Å². The molecule has 15 heavy (non-hydrogen) atoms. The lowest BCUT2D eigenvalue weighted by atomic mass is 10.3. The Kier molecular flexibility index (Phi) is 13.4. The predicted molar refractivity (Wildman–Crippen MR) is 64.0 cm³/mol. The van der Waals surface area contributed by atoms with Gasteiger partial charge >= 0.3 is 0 Å². The summed E-state index contributed by atoms with van der Waals surface area (Å²) in [4.78, 5) is 10.9. The van der Waals surface area contributed by atoms with Crippen LogP contribution in [-0.2, 0) is 14.3 Å². The van der Waals surface area contributed by atoms with Crippen molar-refractivity contribution < 1.29 is 14.3 Å². The first-order chi connectivity index (χ1) is 7.15. The minimum atomic E-state index is -0.393. The number of carbonyl (C=O) groups is 1. The molecule has 5 nitrogen and oxygen atoms in total. The molecular weight excluding hydrogens is 216 g/mol. The van der Waals surface area contributed by atoms with E-state index in [1.54, 1.807) is 0 Å². The minimum Gasteiger partial charge on any atom is -0.382 e. The molecule has 6 heteroatoms. The molecule has 0 aliphatic carbocycles. The second kappa shape index (κ2) is 11.8. The molecule has 0 aliphatic heterocycles. The van der Waals surface area contributed by atoms with Crippen LogP contribution in [0, 0.1) is 0 Å². The third-order valence-electron chi connectivity index (χ3n) is 1.46. The highest BCUT2D eigenvalue weighted by Crippen LogP contribution is 2.03. The van der Waals surface area contributed by atoms with Crippen LogP contribution >= 0.6 is 12.6 Å². The van der Waals surface area contributed by atoms with Crippen LogP contribution in [-0.4, -0.2) is 44.8 Å². The molecule has 3 N–H and O–H groups in total. The Labute approximate surface area is 97.1 Å². The molecule has 0 heterocycles. The van der Waals surface area contributed by atoms with Gasteiger partial charge in [0.25, 0.3) is 0 Å². The van der Waals surface area contributed by atoms with E-state index in [4.69, 9.17) is 15.2 Å². The van der Waals surface area contributed by atoms with Crippen LogP contribution < -0.4 is 11.1 Å². The maximum atomic E-state index is 10.9. The van der Waals surface area contributed by atoms with Crippen molar-refractivity contribution in [2.24, 2.45) is 5.73 Å². The van der Waals surface area contributed by atoms with Crippen LogP contribution in [0.1, 0.15) is 13.8 Å². The zero-order valence-corrected chi connectivity index (χ0v) is 10.7. The van der Waals surface area contributed by atoms with Crippen LogP contribution in [0.2, 0.25) is 0 Å². The van der Waals surface area contributed by atoms with E-state index in [0.717, 1.165) is 0 Å². The molecule has 0 aliphatic rings. The second-order valence-corrected chi connectivity index (χ2v) is 2.97. The van der Waals surface area contributed by atoms with E-state index >= 15 is 0 Å². The van der Waals surface area contributed by atoms with E-state index in [1.165, 1.54) is 14.2 Å². The highest BCUT2D eigenvalue weighted by molar-refractivity contribution is 7.80. The van der Waals surface area contributed by atoms with Crippen LogP contribution in [0.5, 0.6) is 0 Å². The standard InChI is InChI=1S/C7H16N2O3S.C2H6/c1-11-4-5(7(13)12-2)9-6(10)3-8;1-2/h5,7,13H,3-4,8H2,1-2H3,(H,9,10);1-2H3. The summed E-state index contributed by atoms with van der Waals surface area (Å²) >= 11 is 4.11. The molecule has 0 fully saturated rings. The van der Waals surface area contributed by atoms with Gasteiger partial charge in [-0.2, -0.15) is 0 Å². The number of nitrogens with two attached hydrogens (primary N) is 1. The molecule has 0 radical (unpaired) electrons. The average Bonchev–Trinajstić information content (AvgIpc) is 2.29. The number of hydrogen-bond donors (Lipinski definition) is 3. The Morgan fingerprint density at radius 2 is 2.00 bits per heavy atom. The van der Waals surface area contributed by atoms with Gasteiger partial charge in [0.05, 0.1) is 19.2 Å². The fourth-order valence-electron chi connectivity index (χ4n) is 0.805. The zero-order valence-electron chi connectivity index (χ0n) is 9.82. The molecule has 1 amide bonds. The lowest BCUT2D eigenvalue weighted by Gasteiger charge is -2.22. The van der Waals surface area contributed by atoms with Gasteiger partial charge in [0.2, 0.25) is 5.91 Å². The van der Waals surface area contributed by atoms with Gasteiger partial charge in [-0.15, -0.1) is 12.6 Å². The number of methoxy groups -OCH3 is 2. The Bertz CT molecular complexity index is 158. The van der Waals surface area contributed by atoms with Crippen molar-refractivity contribution in [2.75, 3.05) is 27.4 Å². The lowest BCUT2D eigenvalue weighted by Crippen LogP contribution is -2.47. The fraction of sp³-hybridized carbons (Fsp3) is 0.889. The Morgan fingerprint density at radius 3 is 2.33 bits per heavy atom. The van der Waals surface area contributed by atoms with Crippen molar-refractivity contribution in [2.45, 2.75) is 25.3 Å². The maximum absolute atomic E-state index is 10.9. The van der Waals surface area contributed by atoms with Crippen molar-refractivity contribution in [1.29, 1.82) is 0 Å². The average molecular weight is 238 g/mol. The Balaban J connectivity index is 0. The molecule has 0 aromatic heterocycles. The van der Waals surface area contributed by atoms with Gasteiger partial charge < -0.3 is 20.5 Å². The minimum absolute atomic E-state index is 0.0512. The molecular formula is C9H22N2O3S. The number of ether oxygens (including phenoxy) is 2. The van der Waals surface area contributed by atoms with E-state index in [1.807, 2.05) is 13.8 Å². The van der Waals surface area contributed by atoms with Crippen molar-refractivity contribution in [3.05, 3.63) is 0 Å². The monoisotopic (exact) mass is 238 g/mol. The van der Waals surface area contributed by atoms with Gasteiger partial charge in [-0.25, -0.2) is 0 Å². The van der Waals surface area contributed by atoms with Gasteiger partial charge in [-0.3, -0.25) is 4.79 Å². The Hall–Kier alpha value is -0.300. The largest absolute Gasteiger partial charge is 0.382 e. The summed E-state index contributed by atoms with van der Waals surface area (Å²) in [6.07, 6.45) is 0. The fourth-order valence-corrected chi connectivity index (χ4v) is 0.965. The zero-order chi connectivity index (χ0) is 12.3. The van der Waals surface area contributed by atoms with E-state index in [9.17, 15) is 4.79 Å². The van der Waals surface area contributed by atoms with Crippen LogP contribution in [0.15, 0.2) is 0 Å². The number of amides is 1. The van der Waals surface area contributed by atoms with E-state index < -0.39 is 5.44 Å². The van der Waals surface area contributed by atoms with Crippen LogP contribution in [0.3, 0.4) is 0 Å². The van der Waals surface area contributed by atoms with Crippen molar-refractivity contribution in [3.63, 3.8) is 0 Å². The summed E-state index contributed by atoms with van der Waals surface area (Å²) in [5, 5.41) is 2.63. The number of rotatable bonds is 6. The first-order valence-electron chi connectivity index (χ1n) is 4.85. The molecule has 92 valence electrons. The molecule has 0 bridgehead atoms. The predicted octanol–water partition coefficient (Wildman–Crippen LogP) is 0.00480. The van der Waals surface area contributed by atoms with Gasteiger partial charge in [-0.05, 0) is 0 Å². The molecule has 2 atom stereocenters. The van der Waals surface area contributed by atoms with Crippen molar-refractivity contribution in [1.82, 2.24) is 5.32 Å². The smallest absolute Gasteiger partial charge is 0.234 e. The third kappa shape index (κ3) is 8.68. The van der Waals surface area contributed by atoms with E-state index in [-0.39, 0.29) is 18.5 Å². The number of nitrogens with one attached hydrogen (secondary N) is 1. The SMILES string of the molecule is CC.COCC(NC(=O)CN)C(S)OC. The maximum Gasteiger partial charge on any atom is 0.234 e. The summed E-state index contributed by atoms with van der Waals surface area (Å²) in [5.74, 6) is -0.252. The summed E-state index contributed by atoms with van der Waals surface area (Å²) in [7, 11) is 3.05. The van der Waals surface area contributed by atoms with Gasteiger partial charge in [0.1, 0.15) is 5.44 Å². The summed E-state index contributed by atoms with van der Waals surface area (Å²) in [5.41, 5.74) is 4.75. The highest BCUT2D eigenvalue weighted by atomic mass is 32.1. The highest BCUT2D eigenvalue weighted by Gasteiger charge is 2.18. The van der Waals surface area contributed by atoms with Crippen molar-refractivity contribution in [3.8, 4) is 0 Å².